The first-order valence-electron chi connectivity index (χ1n) is 14.4. The summed E-state index contributed by atoms with van der Waals surface area (Å²) < 4.78 is 4.87. The summed E-state index contributed by atoms with van der Waals surface area (Å²) in [5, 5.41) is 2.55. The van der Waals surface area contributed by atoms with Crippen LogP contribution in [0.5, 0.6) is 0 Å². The summed E-state index contributed by atoms with van der Waals surface area (Å²) in [5.41, 5.74) is 12.3. The van der Waals surface area contributed by atoms with Crippen molar-refractivity contribution < 1.29 is 0 Å². The molecule has 4 heterocycles. The summed E-state index contributed by atoms with van der Waals surface area (Å²) in [6, 6.07) is 48.5. The monoisotopic (exact) mass is 551 g/mol. The summed E-state index contributed by atoms with van der Waals surface area (Å²) in [5.74, 6) is 0.988. The van der Waals surface area contributed by atoms with Crippen LogP contribution >= 0.6 is 11.8 Å². The molecule has 0 radical (unpaired) electrons. The molecule has 6 aromatic carbocycles. The Morgan fingerprint density at radius 2 is 1.26 bits per heavy atom. The highest BCUT2D eigenvalue weighted by Gasteiger charge is 2.40. The van der Waals surface area contributed by atoms with Gasteiger partial charge in [-0.1, -0.05) is 114 Å². The molecule has 0 saturated carbocycles. The van der Waals surface area contributed by atoms with Crippen LogP contribution in [0.25, 0.3) is 55.6 Å². The highest BCUT2D eigenvalue weighted by molar-refractivity contribution is 8.00. The zero-order chi connectivity index (χ0) is 27.4. The van der Waals surface area contributed by atoms with Gasteiger partial charge in [-0.3, -0.25) is 4.57 Å². The third kappa shape index (κ3) is 2.91. The summed E-state index contributed by atoms with van der Waals surface area (Å²) >= 11 is 1.89. The fourth-order valence-electron chi connectivity index (χ4n) is 7.30. The first kappa shape index (κ1) is 22.7. The fraction of sp³-hybridized carbons (Fsp3) is 0. The van der Waals surface area contributed by atoms with Crippen LogP contribution in [0.3, 0.4) is 0 Å². The number of nitrogens with zero attached hydrogens (tertiary/aromatic N) is 3. The Morgan fingerprint density at radius 1 is 0.571 bits per heavy atom. The van der Waals surface area contributed by atoms with Crippen LogP contribution in [0.15, 0.2) is 143 Å². The lowest BCUT2D eigenvalue weighted by atomic mass is 9.35. The lowest BCUT2D eigenvalue weighted by Crippen LogP contribution is -2.58. The Bertz CT molecular complexity index is 2350. The van der Waals surface area contributed by atoms with Crippen molar-refractivity contribution in [3.8, 4) is 22.8 Å². The molecule has 10 rings (SSSR count). The van der Waals surface area contributed by atoms with Gasteiger partial charge in [0.1, 0.15) is 5.82 Å². The van der Waals surface area contributed by atoms with Crippen molar-refractivity contribution in [1.82, 2.24) is 14.1 Å². The van der Waals surface area contributed by atoms with Gasteiger partial charge in [-0.2, -0.15) is 0 Å². The molecule has 0 N–H and O–H groups in total. The molecule has 0 aliphatic carbocycles. The average molecular weight is 551 g/mol. The van der Waals surface area contributed by atoms with Crippen molar-refractivity contribution in [1.29, 1.82) is 0 Å². The molecule has 0 spiro atoms. The molecule has 0 unspecified atom stereocenters. The van der Waals surface area contributed by atoms with Gasteiger partial charge in [0.25, 0.3) is 0 Å². The Balaban J connectivity index is 1.37. The van der Waals surface area contributed by atoms with Gasteiger partial charge in [-0.25, -0.2) is 4.98 Å². The van der Waals surface area contributed by atoms with Gasteiger partial charge < -0.3 is 4.57 Å². The van der Waals surface area contributed by atoms with E-state index in [0.717, 1.165) is 16.9 Å². The molecule has 42 heavy (non-hydrogen) atoms. The number of fused-ring (bicyclic) bond motifs is 7. The van der Waals surface area contributed by atoms with Gasteiger partial charge in [0.2, 0.25) is 6.71 Å². The van der Waals surface area contributed by atoms with Crippen LogP contribution in [0.1, 0.15) is 0 Å². The number of hydrogen-bond donors (Lipinski definition) is 0. The van der Waals surface area contributed by atoms with E-state index < -0.39 is 0 Å². The van der Waals surface area contributed by atoms with E-state index in [1.54, 1.807) is 0 Å². The third-order valence-corrected chi connectivity index (χ3v) is 10.1. The summed E-state index contributed by atoms with van der Waals surface area (Å²) in [7, 11) is 0. The number of imidazole rings is 1. The van der Waals surface area contributed by atoms with Crippen molar-refractivity contribution >= 4 is 67.7 Å². The van der Waals surface area contributed by atoms with E-state index in [0.29, 0.717) is 0 Å². The van der Waals surface area contributed by atoms with Crippen LogP contribution < -0.4 is 16.4 Å². The fourth-order valence-corrected chi connectivity index (χ4v) is 8.50. The smallest absolute Gasteiger partial charge is 0.249 e. The van der Waals surface area contributed by atoms with E-state index >= 15 is 0 Å². The van der Waals surface area contributed by atoms with Crippen molar-refractivity contribution in [3.63, 3.8) is 0 Å². The topological polar surface area (TPSA) is 22.8 Å². The molecular weight excluding hydrogens is 529 g/mol. The molecule has 0 saturated heterocycles. The minimum atomic E-state index is 0.163. The number of para-hydroxylation sites is 3. The second-order valence-corrected chi connectivity index (χ2v) is 12.3. The minimum Gasteiger partial charge on any atom is -0.309 e. The summed E-state index contributed by atoms with van der Waals surface area (Å²) in [4.78, 5) is 7.91. The normalized spacial score (nSPS) is 13.1. The number of rotatable bonds is 2. The van der Waals surface area contributed by atoms with Crippen molar-refractivity contribution in [2.75, 3.05) is 0 Å². The molecule has 3 nitrogen and oxygen atoms in total. The van der Waals surface area contributed by atoms with E-state index in [9.17, 15) is 0 Å². The Kier molecular flexibility index (Phi) is 4.47. The van der Waals surface area contributed by atoms with Crippen LogP contribution in [-0.2, 0) is 0 Å². The molecule has 8 aromatic rings. The predicted octanol–water partition coefficient (Wildman–Crippen LogP) is 7.08. The highest BCUT2D eigenvalue weighted by Crippen LogP contribution is 2.40. The van der Waals surface area contributed by atoms with Crippen LogP contribution in [0, 0.1) is 0 Å². The molecule has 194 valence electrons. The second-order valence-electron chi connectivity index (χ2n) is 11.2. The number of benzene rings is 6. The van der Waals surface area contributed by atoms with Crippen molar-refractivity contribution in [3.05, 3.63) is 133 Å². The van der Waals surface area contributed by atoms with Gasteiger partial charge >= 0.3 is 0 Å². The lowest BCUT2D eigenvalue weighted by Gasteiger charge is -2.33. The van der Waals surface area contributed by atoms with E-state index in [1.807, 2.05) is 11.8 Å². The molecule has 0 atom stereocenters. The van der Waals surface area contributed by atoms with Crippen LogP contribution in [-0.4, -0.2) is 20.8 Å². The third-order valence-electron chi connectivity index (χ3n) is 8.97. The number of aromatic nitrogens is 3. The van der Waals surface area contributed by atoms with Crippen LogP contribution in [0.2, 0.25) is 0 Å². The minimum absolute atomic E-state index is 0.163. The maximum Gasteiger partial charge on any atom is 0.249 e. The molecule has 0 fully saturated rings. The predicted molar refractivity (Wildman–Crippen MR) is 176 cm³/mol. The Labute approximate surface area is 247 Å². The molecule has 0 bridgehead atoms. The van der Waals surface area contributed by atoms with Gasteiger partial charge in [0.05, 0.1) is 22.1 Å². The molecular formula is C37H22BN3S. The zero-order valence-corrected chi connectivity index (χ0v) is 23.3. The van der Waals surface area contributed by atoms with E-state index in [2.05, 4.69) is 143 Å². The lowest BCUT2D eigenvalue weighted by molar-refractivity contribution is 1.08. The number of hydrogen-bond acceptors (Lipinski definition) is 2. The summed E-state index contributed by atoms with van der Waals surface area (Å²) in [6.07, 6.45) is 0. The zero-order valence-electron chi connectivity index (χ0n) is 22.5. The van der Waals surface area contributed by atoms with Gasteiger partial charge in [-0.15, -0.1) is 0 Å². The Hall–Kier alpha value is -5.00. The SMILES string of the molecule is c1ccc(-c2nc3cccc4c3n2-c2cc(-n3c5ccccc5c5ccccc53)cc3c2B4c2ccccc2S3)cc1. The van der Waals surface area contributed by atoms with E-state index in [4.69, 9.17) is 4.98 Å². The van der Waals surface area contributed by atoms with Gasteiger partial charge in [0.15, 0.2) is 0 Å². The highest BCUT2D eigenvalue weighted by atomic mass is 32.2. The van der Waals surface area contributed by atoms with Crippen molar-refractivity contribution in [2.24, 2.45) is 0 Å². The standard InChI is InChI=1S/C37H22BN3S/c1-2-11-23(12-3-1)37-39-29-17-10-16-28-36(29)41(37)32-21-24(22-34-35(32)38(28)27-15-6-9-20-33(27)42-34)40-30-18-7-4-13-25(30)26-14-5-8-19-31(26)40/h1-22H. The molecule has 5 heteroatoms. The average Bonchev–Trinajstić information content (AvgIpc) is 3.60. The maximum absolute atomic E-state index is 5.27. The molecule has 0 amide bonds. The Morgan fingerprint density at radius 3 is 2.07 bits per heavy atom. The molecule has 2 aliphatic rings. The molecule has 2 aromatic heterocycles. The summed E-state index contributed by atoms with van der Waals surface area (Å²) in [6.45, 7) is 0.163. The van der Waals surface area contributed by atoms with Gasteiger partial charge in [-0.05, 0) is 47.3 Å². The van der Waals surface area contributed by atoms with E-state index in [-0.39, 0.29) is 6.71 Å². The second kappa shape index (κ2) is 8.28. The maximum atomic E-state index is 5.27. The largest absolute Gasteiger partial charge is 0.309 e. The first-order valence-corrected chi connectivity index (χ1v) is 15.2. The first-order chi connectivity index (χ1) is 20.8. The quantitative estimate of drug-likeness (QED) is 0.214. The molecule has 2 aliphatic heterocycles. The van der Waals surface area contributed by atoms with Crippen molar-refractivity contribution in [2.45, 2.75) is 9.79 Å². The van der Waals surface area contributed by atoms with Crippen LogP contribution in [0.4, 0.5) is 0 Å². The van der Waals surface area contributed by atoms with Gasteiger partial charge in [0, 0.05) is 37.5 Å². The van der Waals surface area contributed by atoms with E-state index in [1.165, 1.54) is 64.9 Å².